The molecule has 0 saturated carbocycles. The van der Waals surface area contributed by atoms with Crippen LogP contribution in [0.5, 0.6) is 5.75 Å². The van der Waals surface area contributed by atoms with E-state index in [4.69, 9.17) is 4.43 Å². The van der Waals surface area contributed by atoms with Crippen molar-refractivity contribution < 1.29 is 4.43 Å². The predicted molar refractivity (Wildman–Crippen MR) is 80.9 cm³/mol. The first-order valence-corrected chi connectivity index (χ1v) is 9.66. The van der Waals surface area contributed by atoms with Gasteiger partial charge in [-0.25, -0.2) is 9.98 Å². The van der Waals surface area contributed by atoms with Gasteiger partial charge in [-0.15, -0.1) is 0 Å². The molecule has 0 radical (unpaired) electrons. The molecule has 2 rings (SSSR count). The number of aliphatic imine (C=N–C) groups is 1. The topological polar surface area (TPSA) is 39.4 Å². The van der Waals surface area contributed by atoms with E-state index in [0.29, 0.717) is 0 Å². The Balaban J connectivity index is 2.25. The van der Waals surface area contributed by atoms with Gasteiger partial charge in [0.15, 0.2) is 5.82 Å². The largest absolute Gasteiger partial charge is 0.543 e. The lowest BCUT2D eigenvalue weighted by molar-refractivity contribution is 0.559. The Bertz CT molecular complexity index is 584. The van der Waals surface area contributed by atoms with Crippen LogP contribution in [-0.4, -0.2) is 24.1 Å². The number of hydrogen-bond acceptors (Lipinski definition) is 3. The molecule has 0 saturated heterocycles. The van der Waals surface area contributed by atoms with Crippen LogP contribution in [0.15, 0.2) is 41.7 Å². The highest BCUT2D eigenvalue weighted by molar-refractivity contribution is 6.70. The van der Waals surface area contributed by atoms with Gasteiger partial charge in [0.05, 0.1) is 6.21 Å². The molecule has 0 fully saturated rings. The Morgan fingerprint density at radius 1 is 1.26 bits per heavy atom. The van der Waals surface area contributed by atoms with Crippen molar-refractivity contribution in [1.29, 1.82) is 0 Å². The van der Waals surface area contributed by atoms with Crippen molar-refractivity contribution in [3.05, 3.63) is 42.5 Å². The number of rotatable bonds is 4. The summed E-state index contributed by atoms with van der Waals surface area (Å²) in [5, 5.41) is 0. The highest BCUT2D eigenvalue weighted by Crippen LogP contribution is 2.29. The monoisotopic (exact) mass is 273 g/mol. The summed E-state index contributed by atoms with van der Waals surface area (Å²) in [6.45, 7) is 6.48. The second kappa shape index (κ2) is 5.40. The van der Waals surface area contributed by atoms with Crippen LogP contribution in [0.2, 0.25) is 19.6 Å². The molecule has 0 N–H and O–H groups in total. The number of para-hydroxylation sites is 2. The molecular weight excluding hydrogens is 254 g/mol. The van der Waals surface area contributed by atoms with Crippen molar-refractivity contribution in [3.8, 4) is 5.75 Å². The maximum atomic E-state index is 6.03. The van der Waals surface area contributed by atoms with Gasteiger partial charge in [-0.3, -0.25) is 0 Å². The average molecular weight is 273 g/mol. The van der Waals surface area contributed by atoms with E-state index in [-0.39, 0.29) is 0 Å². The van der Waals surface area contributed by atoms with Crippen LogP contribution < -0.4 is 4.43 Å². The Hall–Kier alpha value is -1.88. The molecule has 100 valence electrons. The smallest absolute Gasteiger partial charge is 0.242 e. The van der Waals surface area contributed by atoms with Crippen LogP contribution in [0, 0.1) is 0 Å². The third-order valence-electron chi connectivity index (χ3n) is 2.46. The molecule has 0 aliphatic heterocycles. The first kappa shape index (κ1) is 13.5. The average Bonchev–Trinajstić information content (AvgIpc) is 2.72. The fourth-order valence-corrected chi connectivity index (χ4v) is 2.44. The van der Waals surface area contributed by atoms with Crippen molar-refractivity contribution in [1.82, 2.24) is 9.55 Å². The van der Waals surface area contributed by atoms with E-state index >= 15 is 0 Å². The maximum Gasteiger partial charge on any atom is 0.242 e. The van der Waals surface area contributed by atoms with E-state index in [0.717, 1.165) is 17.3 Å². The summed E-state index contributed by atoms with van der Waals surface area (Å²) in [5.74, 6) is 1.66. The summed E-state index contributed by atoms with van der Waals surface area (Å²) in [6.07, 6.45) is 5.41. The fourth-order valence-electron chi connectivity index (χ4n) is 1.61. The zero-order chi connectivity index (χ0) is 13.9. The zero-order valence-electron chi connectivity index (χ0n) is 11.8. The summed E-state index contributed by atoms with van der Waals surface area (Å²) in [4.78, 5) is 8.70. The maximum absolute atomic E-state index is 6.03. The quantitative estimate of drug-likeness (QED) is 0.633. The first-order chi connectivity index (χ1) is 8.96. The normalized spacial score (nSPS) is 12.0. The SMILES string of the molecule is Cn1ccnc1C=Nc1ccccc1O[Si](C)(C)C. The standard InChI is InChI=1S/C14H19N3OSi/c1-17-10-9-15-14(17)11-16-12-7-5-6-8-13(12)18-19(2,3)4/h5-11H,1-4H3. The lowest BCUT2D eigenvalue weighted by Crippen LogP contribution is -2.29. The van der Waals surface area contributed by atoms with Crippen molar-refractivity contribution in [2.75, 3.05) is 0 Å². The van der Waals surface area contributed by atoms with E-state index in [1.165, 1.54) is 0 Å². The highest BCUT2D eigenvalue weighted by atomic mass is 28.4. The molecular formula is C14H19N3OSi. The second-order valence-corrected chi connectivity index (χ2v) is 9.77. The van der Waals surface area contributed by atoms with Crippen LogP contribution in [0.1, 0.15) is 5.82 Å². The van der Waals surface area contributed by atoms with Crippen molar-refractivity contribution in [2.45, 2.75) is 19.6 Å². The van der Waals surface area contributed by atoms with Gasteiger partial charge in [-0.1, -0.05) is 12.1 Å². The van der Waals surface area contributed by atoms with E-state index in [1.54, 1.807) is 12.4 Å². The number of imidazole rings is 1. The predicted octanol–water partition coefficient (Wildman–Crippen LogP) is 3.38. The number of hydrogen-bond donors (Lipinski definition) is 0. The van der Waals surface area contributed by atoms with Gasteiger partial charge in [0.1, 0.15) is 11.4 Å². The molecule has 1 aromatic carbocycles. The van der Waals surface area contributed by atoms with E-state index in [2.05, 4.69) is 29.6 Å². The summed E-state index contributed by atoms with van der Waals surface area (Å²) in [5.41, 5.74) is 0.841. The molecule has 0 unspecified atom stereocenters. The van der Waals surface area contributed by atoms with Gasteiger partial charge in [-0.05, 0) is 31.8 Å². The minimum atomic E-state index is -1.63. The minimum Gasteiger partial charge on any atom is -0.543 e. The van der Waals surface area contributed by atoms with Crippen LogP contribution in [0.4, 0.5) is 5.69 Å². The van der Waals surface area contributed by atoms with Gasteiger partial charge in [-0.2, -0.15) is 0 Å². The Kier molecular flexibility index (Phi) is 3.85. The number of nitrogens with zero attached hydrogens (tertiary/aromatic N) is 3. The molecule has 5 heteroatoms. The molecule has 0 bridgehead atoms. The summed E-state index contributed by atoms with van der Waals surface area (Å²) in [7, 11) is 0.313. The van der Waals surface area contributed by atoms with Crippen molar-refractivity contribution in [2.24, 2.45) is 12.0 Å². The molecule has 19 heavy (non-hydrogen) atoms. The van der Waals surface area contributed by atoms with Crippen molar-refractivity contribution >= 4 is 20.2 Å². The molecule has 0 amide bonds. The summed E-state index contributed by atoms with van der Waals surface area (Å²) < 4.78 is 7.95. The molecule has 4 nitrogen and oxygen atoms in total. The lowest BCUT2D eigenvalue weighted by atomic mass is 10.3. The highest BCUT2D eigenvalue weighted by Gasteiger charge is 2.17. The summed E-state index contributed by atoms with van der Waals surface area (Å²) >= 11 is 0. The van der Waals surface area contributed by atoms with Gasteiger partial charge in [0.2, 0.25) is 8.32 Å². The Morgan fingerprint density at radius 2 is 2.00 bits per heavy atom. The lowest BCUT2D eigenvalue weighted by Gasteiger charge is -2.20. The molecule has 0 aliphatic rings. The van der Waals surface area contributed by atoms with Gasteiger partial charge in [0, 0.05) is 19.4 Å². The van der Waals surface area contributed by atoms with E-state index in [1.807, 2.05) is 42.1 Å². The number of aromatic nitrogens is 2. The molecule has 0 spiro atoms. The van der Waals surface area contributed by atoms with Crippen LogP contribution in [-0.2, 0) is 7.05 Å². The number of benzene rings is 1. The summed E-state index contributed by atoms with van der Waals surface area (Å²) in [6, 6.07) is 7.84. The molecule has 0 atom stereocenters. The van der Waals surface area contributed by atoms with Crippen molar-refractivity contribution in [3.63, 3.8) is 0 Å². The minimum absolute atomic E-state index is 0.822. The number of aryl methyl sites for hydroxylation is 1. The fraction of sp³-hybridized carbons (Fsp3) is 0.286. The van der Waals surface area contributed by atoms with E-state index < -0.39 is 8.32 Å². The van der Waals surface area contributed by atoms with Crippen LogP contribution >= 0.6 is 0 Å². The molecule has 2 aromatic rings. The van der Waals surface area contributed by atoms with Gasteiger partial charge in [0.25, 0.3) is 0 Å². The first-order valence-electron chi connectivity index (χ1n) is 6.25. The molecule has 1 aromatic heterocycles. The second-order valence-electron chi connectivity index (χ2n) is 5.34. The molecule has 1 heterocycles. The Morgan fingerprint density at radius 3 is 2.63 bits per heavy atom. The van der Waals surface area contributed by atoms with Gasteiger partial charge < -0.3 is 8.99 Å². The zero-order valence-corrected chi connectivity index (χ0v) is 12.8. The van der Waals surface area contributed by atoms with E-state index in [9.17, 15) is 0 Å². The van der Waals surface area contributed by atoms with Crippen LogP contribution in [0.3, 0.4) is 0 Å². The third kappa shape index (κ3) is 3.79. The van der Waals surface area contributed by atoms with Crippen LogP contribution in [0.25, 0.3) is 0 Å². The third-order valence-corrected chi connectivity index (χ3v) is 3.29. The molecule has 0 aliphatic carbocycles. The van der Waals surface area contributed by atoms with Gasteiger partial charge >= 0.3 is 0 Å². The Labute approximate surface area is 114 Å².